The van der Waals surface area contributed by atoms with Crippen LogP contribution in [0.2, 0.25) is 0 Å². The van der Waals surface area contributed by atoms with Crippen molar-refractivity contribution >= 4 is 5.97 Å². The van der Waals surface area contributed by atoms with Gasteiger partial charge in [0.1, 0.15) is 0 Å². The fourth-order valence-corrected chi connectivity index (χ4v) is 0.465. The van der Waals surface area contributed by atoms with Crippen molar-refractivity contribution in [2.24, 2.45) is 0 Å². The van der Waals surface area contributed by atoms with Gasteiger partial charge in [0, 0.05) is 0 Å². The highest BCUT2D eigenvalue weighted by Crippen LogP contribution is 2.03. The number of hydrogen-bond acceptors (Lipinski definition) is 2. The van der Waals surface area contributed by atoms with Crippen LogP contribution in [0.5, 0.6) is 0 Å². The molecule has 0 radical (unpaired) electrons. The van der Waals surface area contributed by atoms with Gasteiger partial charge in [-0.05, 0) is 6.08 Å². The molecule has 0 spiro atoms. The first kappa shape index (κ1) is 6.63. The number of hydrogen-bond donors (Lipinski definition) is 0. The first-order valence-electron chi connectivity index (χ1n) is 2.85. The van der Waals surface area contributed by atoms with E-state index in [2.05, 4.69) is 23.2 Å². The lowest BCUT2D eigenvalue weighted by Crippen LogP contribution is -1.95. The van der Waals surface area contributed by atoms with Gasteiger partial charge in [0.05, 0.1) is 18.3 Å². The largest absolute Gasteiger partial charge is 0.435 e. The van der Waals surface area contributed by atoms with Crippen LogP contribution in [0.15, 0.2) is 24.5 Å². The Morgan fingerprint density at radius 3 is 2.90 bits per heavy atom. The molecule has 1 aliphatic carbocycles. The Bertz CT molecular complexity index is 240. The Morgan fingerprint density at radius 1 is 1.70 bits per heavy atom. The quantitative estimate of drug-likeness (QED) is 0.327. The molecule has 2 nitrogen and oxygen atoms in total. The molecular weight excluding hydrogens is 128 g/mol. The average Bonchev–Trinajstić information content (AvgIpc) is 2.67. The van der Waals surface area contributed by atoms with Gasteiger partial charge in [0.25, 0.3) is 0 Å². The average molecular weight is 134 g/mol. The molecule has 0 aromatic rings. The maximum Gasteiger partial charge on any atom is 0.314 e. The fourth-order valence-electron chi connectivity index (χ4n) is 0.465. The Balaban J connectivity index is 2.18. The molecule has 0 N–H and O–H groups in total. The molecule has 1 aliphatic rings. The lowest BCUT2D eigenvalue weighted by atomic mass is 10.3. The molecule has 0 amide bonds. The second kappa shape index (κ2) is 2.88. The summed E-state index contributed by atoms with van der Waals surface area (Å²) in [5.74, 6) is 5.11. The van der Waals surface area contributed by atoms with Gasteiger partial charge in [-0.1, -0.05) is 18.4 Å². The molecule has 0 saturated heterocycles. The predicted molar refractivity (Wildman–Crippen MR) is 36.8 cm³/mol. The molecular formula is C8H6O2. The highest BCUT2D eigenvalue weighted by atomic mass is 16.5. The minimum atomic E-state index is -0.307. The number of ether oxygens (including phenoxy) is 1. The van der Waals surface area contributed by atoms with Crippen LogP contribution < -0.4 is 0 Å². The molecule has 0 aromatic carbocycles. The van der Waals surface area contributed by atoms with Gasteiger partial charge in [-0.2, -0.15) is 0 Å². The van der Waals surface area contributed by atoms with Crippen molar-refractivity contribution in [1.29, 1.82) is 0 Å². The smallest absolute Gasteiger partial charge is 0.314 e. The molecule has 2 heteroatoms. The molecule has 0 aromatic heterocycles. The lowest BCUT2D eigenvalue weighted by molar-refractivity contribution is -0.136. The molecule has 0 bridgehead atoms. The van der Waals surface area contributed by atoms with Gasteiger partial charge >= 0.3 is 5.97 Å². The van der Waals surface area contributed by atoms with Gasteiger partial charge in [0.2, 0.25) is 0 Å². The summed E-state index contributed by atoms with van der Waals surface area (Å²) in [5.41, 5.74) is 0.862. The van der Waals surface area contributed by atoms with Gasteiger partial charge in [-0.3, -0.25) is 4.79 Å². The molecule has 0 aliphatic heterocycles. The normalized spacial score (nSPS) is 11.0. The van der Waals surface area contributed by atoms with E-state index in [0.29, 0.717) is 0 Å². The van der Waals surface area contributed by atoms with Gasteiger partial charge < -0.3 is 4.74 Å². The zero-order valence-electron chi connectivity index (χ0n) is 5.39. The van der Waals surface area contributed by atoms with Gasteiger partial charge in [-0.15, -0.1) is 0 Å². The maximum absolute atomic E-state index is 10.6. The first-order valence-corrected chi connectivity index (χ1v) is 2.85. The Kier molecular flexibility index (Phi) is 1.91. The fraction of sp³-hybridized carbons (Fsp3) is 0.125. The summed E-state index contributed by atoms with van der Waals surface area (Å²) in [6, 6.07) is 0. The summed E-state index contributed by atoms with van der Waals surface area (Å²) in [5, 5.41) is 0. The van der Waals surface area contributed by atoms with E-state index >= 15 is 0 Å². The molecule has 1 rings (SSSR count). The zero-order valence-corrected chi connectivity index (χ0v) is 5.39. The molecule has 0 heterocycles. The van der Waals surface area contributed by atoms with Crippen LogP contribution in [0.25, 0.3) is 0 Å². The highest BCUT2D eigenvalue weighted by Gasteiger charge is 2.01. The SMILES string of the molecule is C=COC(=O)CC=C1C#C1. The van der Waals surface area contributed by atoms with E-state index in [9.17, 15) is 4.79 Å². The summed E-state index contributed by atoms with van der Waals surface area (Å²) >= 11 is 0. The van der Waals surface area contributed by atoms with Crippen molar-refractivity contribution < 1.29 is 9.53 Å². The first-order chi connectivity index (χ1) is 4.83. The molecule has 0 fully saturated rings. The lowest BCUT2D eigenvalue weighted by Gasteiger charge is -1.90. The van der Waals surface area contributed by atoms with Crippen LogP contribution >= 0.6 is 0 Å². The molecule has 10 heavy (non-hydrogen) atoms. The van der Waals surface area contributed by atoms with Crippen LogP contribution in [0.3, 0.4) is 0 Å². The van der Waals surface area contributed by atoms with Crippen molar-refractivity contribution in [3.05, 3.63) is 24.5 Å². The van der Waals surface area contributed by atoms with Crippen molar-refractivity contribution in [3.63, 3.8) is 0 Å². The Labute approximate surface area is 59.2 Å². The minimum Gasteiger partial charge on any atom is -0.435 e. The summed E-state index contributed by atoms with van der Waals surface area (Å²) in [4.78, 5) is 10.6. The minimum absolute atomic E-state index is 0.265. The number of rotatable bonds is 3. The number of carbonyl (C=O) groups excluding carboxylic acids is 1. The summed E-state index contributed by atoms with van der Waals surface area (Å²) in [6.07, 6.45) is 3.09. The highest BCUT2D eigenvalue weighted by molar-refractivity contribution is 5.73. The van der Waals surface area contributed by atoms with Crippen LogP contribution in [0, 0.1) is 11.8 Å². The topological polar surface area (TPSA) is 26.3 Å². The van der Waals surface area contributed by atoms with Crippen molar-refractivity contribution in [3.8, 4) is 11.8 Å². The third-order valence-corrected chi connectivity index (χ3v) is 0.957. The number of esters is 1. The van der Waals surface area contributed by atoms with E-state index < -0.39 is 0 Å². The monoisotopic (exact) mass is 134 g/mol. The van der Waals surface area contributed by atoms with Crippen molar-refractivity contribution in [1.82, 2.24) is 0 Å². The van der Waals surface area contributed by atoms with Crippen molar-refractivity contribution in [2.75, 3.05) is 0 Å². The molecule has 0 unspecified atom stereocenters. The van der Waals surface area contributed by atoms with Crippen LogP contribution in [0.4, 0.5) is 0 Å². The van der Waals surface area contributed by atoms with Crippen LogP contribution in [0.1, 0.15) is 6.42 Å². The van der Waals surface area contributed by atoms with Crippen LogP contribution in [-0.2, 0) is 9.53 Å². The van der Waals surface area contributed by atoms with E-state index in [0.717, 1.165) is 11.8 Å². The Morgan fingerprint density at radius 2 is 2.40 bits per heavy atom. The summed E-state index contributed by atoms with van der Waals surface area (Å²) < 4.78 is 4.44. The number of allylic oxidation sites excluding steroid dienone is 1. The van der Waals surface area contributed by atoms with Crippen LogP contribution in [-0.4, -0.2) is 5.97 Å². The second-order valence-corrected chi connectivity index (χ2v) is 1.73. The van der Waals surface area contributed by atoms with E-state index in [1.54, 1.807) is 6.08 Å². The van der Waals surface area contributed by atoms with Gasteiger partial charge in [-0.25, -0.2) is 0 Å². The number of carbonyl (C=O) groups is 1. The standard InChI is InChI=1S/C8H6O2/c1-2-10-8(9)6-5-7-3-4-7/h2,5H,1,6H2. The van der Waals surface area contributed by atoms with E-state index in [1.807, 2.05) is 0 Å². The van der Waals surface area contributed by atoms with Crippen molar-refractivity contribution in [2.45, 2.75) is 6.42 Å². The third kappa shape index (κ3) is 2.19. The summed E-state index contributed by atoms with van der Waals surface area (Å²) in [7, 11) is 0. The van der Waals surface area contributed by atoms with E-state index in [-0.39, 0.29) is 12.4 Å². The molecule has 0 atom stereocenters. The Hall–Kier alpha value is -1.49. The molecule has 0 saturated carbocycles. The van der Waals surface area contributed by atoms with E-state index in [4.69, 9.17) is 0 Å². The maximum atomic E-state index is 10.6. The second-order valence-electron chi connectivity index (χ2n) is 1.73. The summed E-state index contributed by atoms with van der Waals surface area (Å²) in [6.45, 7) is 3.25. The predicted octanol–water partition coefficient (Wildman–Crippen LogP) is 1.01. The zero-order chi connectivity index (χ0) is 7.40. The van der Waals surface area contributed by atoms with Gasteiger partial charge in [0.15, 0.2) is 0 Å². The third-order valence-electron chi connectivity index (χ3n) is 0.957. The van der Waals surface area contributed by atoms with E-state index in [1.165, 1.54) is 0 Å². The molecule has 50 valence electrons.